The lowest BCUT2D eigenvalue weighted by Gasteiger charge is -2.32. The van der Waals surface area contributed by atoms with Gasteiger partial charge in [-0.05, 0) is 27.9 Å². The Balaban J connectivity index is 3.69. The number of halogens is 1. The minimum atomic E-state index is 0.197. The summed E-state index contributed by atoms with van der Waals surface area (Å²) in [4.78, 5) is 2.21. The van der Waals surface area contributed by atoms with Gasteiger partial charge < -0.3 is 10.2 Å². The lowest BCUT2D eigenvalue weighted by atomic mass is 10.0. The molecular weight excluding hydrogens is 216 g/mol. The SMILES string of the molecule is C=C(Br)CNCC(C)(C)N(C)C. The number of hydrogen-bond acceptors (Lipinski definition) is 2. The zero-order valence-electron chi connectivity index (χ0n) is 8.45. The highest BCUT2D eigenvalue weighted by atomic mass is 79.9. The van der Waals surface area contributed by atoms with Crippen LogP contribution in [-0.2, 0) is 0 Å². The van der Waals surface area contributed by atoms with Crippen molar-refractivity contribution in [2.45, 2.75) is 19.4 Å². The van der Waals surface area contributed by atoms with Gasteiger partial charge in [-0.15, -0.1) is 0 Å². The molecule has 0 aliphatic rings. The minimum Gasteiger partial charge on any atom is -0.310 e. The Hall–Kier alpha value is 0.140. The summed E-state index contributed by atoms with van der Waals surface area (Å²) in [5, 5.41) is 3.32. The first-order valence-electron chi connectivity index (χ1n) is 4.07. The molecule has 0 aromatic carbocycles. The summed E-state index contributed by atoms with van der Waals surface area (Å²) in [7, 11) is 4.18. The van der Waals surface area contributed by atoms with Crippen LogP contribution in [0.2, 0.25) is 0 Å². The van der Waals surface area contributed by atoms with Crippen LogP contribution in [0.25, 0.3) is 0 Å². The number of likely N-dealkylation sites (N-methyl/N-ethyl adjacent to an activating group) is 1. The third-order valence-electron chi connectivity index (χ3n) is 2.09. The molecule has 0 saturated carbocycles. The maximum atomic E-state index is 3.76. The van der Waals surface area contributed by atoms with Crippen LogP contribution in [0.4, 0.5) is 0 Å². The van der Waals surface area contributed by atoms with E-state index in [0.29, 0.717) is 0 Å². The van der Waals surface area contributed by atoms with Gasteiger partial charge in [-0.2, -0.15) is 0 Å². The zero-order chi connectivity index (χ0) is 9.78. The average molecular weight is 235 g/mol. The van der Waals surface area contributed by atoms with Crippen LogP contribution < -0.4 is 5.32 Å². The highest BCUT2D eigenvalue weighted by Gasteiger charge is 2.19. The molecular formula is C9H19BrN2. The standard InChI is InChI=1S/C9H19BrN2/c1-8(10)6-11-7-9(2,3)12(4)5/h11H,1,6-7H2,2-5H3. The molecule has 3 heteroatoms. The Morgan fingerprint density at radius 1 is 1.50 bits per heavy atom. The molecule has 1 N–H and O–H groups in total. The molecule has 0 aromatic heterocycles. The molecule has 0 atom stereocenters. The fourth-order valence-corrected chi connectivity index (χ4v) is 0.860. The van der Waals surface area contributed by atoms with Gasteiger partial charge in [-0.1, -0.05) is 22.5 Å². The van der Waals surface area contributed by atoms with Crippen LogP contribution in [0.5, 0.6) is 0 Å². The van der Waals surface area contributed by atoms with Crippen LogP contribution >= 0.6 is 15.9 Å². The van der Waals surface area contributed by atoms with E-state index < -0.39 is 0 Å². The monoisotopic (exact) mass is 234 g/mol. The van der Waals surface area contributed by atoms with Gasteiger partial charge in [0.25, 0.3) is 0 Å². The average Bonchev–Trinajstić information content (AvgIpc) is 1.85. The zero-order valence-corrected chi connectivity index (χ0v) is 10.0. The molecule has 0 rings (SSSR count). The Morgan fingerprint density at radius 3 is 2.33 bits per heavy atom. The van der Waals surface area contributed by atoms with Crippen molar-refractivity contribution in [1.29, 1.82) is 0 Å². The van der Waals surface area contributed by atoms with Crippen molar-refractivity contribution in [3.8, 4) is 0 Å². The Kier molecular flexibility index (Phi) is 5.06. The summed E-state index contributed by atoms with van der Waals surface area (Å²) in [6.07, 6.45) is 0. The van der Waals surface area contributed by atoms with Gasteiger partial charge in [0.1, 0.15) is 0 Å². The summed E-state index contributed by atoms with van der Waals surface area (Å²) < 4.78 is 0.997. The number of rotatable bonds is 5. The lowest BCUT2D eigenvalue weighted by Crippen LogP contribution is -2.46. The molecule has 0 fully saturated rings. The topological polar surface area (TPSA) is 15.3 Å². The maximum Gasteiger partial charge on any atom is 0.0271 e. The van der Waals surface area contributed by atoms with E-state index in [0.717, 1.165) is 17.6 Å². The summed E-state index contributed by atoms with van der Waals surface area (Å²) in [6.45, 7) is 9.96. The second-order valence-electron chi connectivity index (χ2n) is 3.83. The summed E-state index contributed by atoms with van der Waals surface area (Å²) in [5.41, 5.74) is 0.197. The van der Waals surface area contributed by atoms with Gasteiger partial charge in [0.15, 0.2) is 0 Å². The van der Waals surface area contributed by atoms with Crippen molar-refractivity contribution in [2.24, 2.45) is 0 Å². The highest BCUT2D eigenvalue weighted by Crippen LogP contribution is 2.08. The van der Waals surface area contributed by atoms with Gasteiger partial charge >= 0.3 is 0 Å². The molecule has 0 spiro atoms. The number of hydrogen-bond donors (Lipinski definition) is 1. The van der Waals surface area contributed by atoms with Crippen LogP contribution in [0, 0.1) is 0 Å². The van der Waals surface area contributed by atoms with Crippen molar-refractivity contribution >= 4 is 15.9 Å². The van der Waals surface area contributed by atoms with Crippen LogP contribution in [-0.4, -0.2) is 37.6 Å². The van der Waals surface area contributed by atoms with E-state index in [1.807, 2.05) is 0 Å². The first-order valence-corrected chi connectivity index (χ1v) is 4.87. The number of nitrogens with zero attached hydrogens (tertiary/aromatic N) is 1. The first-order chi connectivity index (χ1) is 5.36. The van der Waals surface area contributed by atoms with Crippen molar-refractivity contribution in [2.75, 3.05) is 27.2 Å². The van der Waals surface area contributed by atoms with Gasteiger partial charge in [-0.3, -0.25) is 0 Å². The molecule has 0 bridgehead atoms. The van der Waals surface area contributed by atoms with E-state index in [1.165, 1.54) is 0 Å². The molecule has 0 saturated heterocycles. The van der Waals surface area contributed by atoms with E-state index in [2.05, 4.69) is 60.7 Å². The molecule has 0 unspecified atom stereocenters. The molecule has 0 heterocycles. The Morgan fingerprint density at radius 2 is 2.00 bits per heavy atom. The van der Waals surface area contributed by atoms with E-state index in [1.54, 1.807) is 0 Å². The Labute approximate surface area is 84.1 Å². The van der Waals surface area contributed by atoms with Crippen molar-refractivity contribution in [1.82, 2.24) is 10.2 Å². The maximum absolute atomic E-state index is 3.76. The fourth-order valence-electron chi connectivity index (χ4n) is 0.662. The predicted octanol–water partition coefficient (Wildman–Crippen LogP) is 1.82. The molecule has 0 aliphatic heterocycles. The first kappa shape index (κ1) is 12.1. The summed E-state index contributed by atoms with van der Waals surface area (Å²) in [6, 6.07) is 0. The molecule has 0 aromatic rings. The van der Waals surface area contributed by atoms with Crippen molar-refractivity contribution in [3.05, 3.63) is 11.1 Å². The van der Waals surface area contributed by atoms with Crippen molar-refractivity contribution < 1.29 is 0 Å². The molecule has 0 aliphatic carbocycles. The van der Waals surface area contributed by atoms with Crippen LogP contribution in [0.3, 0.4) is 0 Å². The molecule has 2 nitrogen and oxygen atoms in total. The number of nitrogens with one attached hydrogen (secondary N) is 1. The van der Waals surface area contributed by atoms with Gasteiger partial charge in [-0.25, -0.2) is 0 Å². The third kappa shape index (κ3) is 4.91. The van der Waals surface area contributed by atoms with E-state index >= 15 is 0 Å². The minimum absolute atomic E-state index is 0.197. The second-order valence-corrected chi connectivity index (χ2v) is 4.95. The highest BCUT2D eigenvalue weighted by molar-refractivity contribution is 9.11. The smallest absolute Gasteiger partial charge is 0.0271 e. The predicted molar refractivity (Wildman–Crippen MR) is 58.7 cm³/mol. The van der Waals surface area contributed by atoms with E-state index in [9.17, 15) is 0 Å². The van der Waals surface area contributed by atoms with Gasteiger partial charge in [0, 0.05) is 23.1 Å². The lowest BCUT2D eigenvalue weighted by molar-refractivity contribution is 0.192. The van der Waals surface area contributed by atoms with Crippen LogP contribution in [0.1, 0.15) is 13.8 Å². The van der Waals surface area contributed by atoms with E-state index in [4.69, 9.17) is 0 Å². The van der Waals surface area contributed by atoms with Gasteiger partial charge in [0.05, 0.1) is 0 Å². The molecule has 12 heavy (non-hydrogen) atoms. The summed E-state index contributed by atoms with van der Waals surface area (Å²) >= 11 is 3.31. The van der Waals surface area contributed by atoms with Crippen molar-refractivity contribution in [3.63, 3.8) is 0 Å². The molecule has 72 valence electrons. The third-order valence-corrected chi connectivity index (χ3v) is 2.37. The van der Waals surface area contributed by atoms with E-state index in [-0.39, 0.29) is 5.54 Å². The quantitative estimate of drug-likeness (QED) is 0.782. The fraction of sp³-hybridized carbons (Fsp3) is 0.778. The normalized spacial score (nSPS) is 12.2. The van der Waals surface area contributed by atoms with Gasteiger partial charge in [0.2, 0.25) is 0 Å². The second kappa shape index (κ2) is 5.00. The van der Waals surface area contributed by atoms with Crippen LogP contribution in [0.15, 0.2) is 11.1 Å². The molecule has 0 amide bonds. The largest absolute Gasteiger partial charge is 0.310 e. The summed E-state index contributed by atoms with van der Waals surface area (Å²) in [5.74, 6) is 0. The Bertz CT molecular complexity index is 153. The molecule has 0 radical (unpaired) electrons.